The molecule has 2 aromatic rings. The predicted molar refractivity (Wildman–Crippen MR) is 81.9 cm³/mol. The largest absolute Gasteiger partial charge is 0.397 e. The molecule has 3 heteroatoms. The topological polar surface area (TPSA) is 29.3 Å². The van der Waals surface area contributed by atoms with E-state index in [4.69, 9.17) is 17.3 Å². The van der Waals surface area contributed by atoms with Crippen LogP contribution >= 0.6 is 11.6 Å². The number of rotatable bonds is 2. The summed E-state index contributed by atoms with van der Waals surface area (Å²) in [7, 11) is 0. The number of halogens is 1. The van der Waals surface area contributed by atoms with E-state index in [1.54, 1.807) is 0 Å². The van der Waals surface area contributed by atoms with Gasteiger partial charge in [-0.2, -0.15) is 0 Å². The minimum atomic E-state index is 0.583. The Morgan fingerprint density at radius 2 is 1.89 bits per heavy atom. The van der Waals surface area contributed by atoms with Crippen molar-refractivity contribution in [2.45, 2.75) is 12.3 Å². The Hall–Kier alpha value is -1.67. The van der Waals surface area contributed by atoms with Gasteiger partial charge in [-0.15, -0.1) is 0 Å². The zero-order valence-electron chi connectivity index (χ0n) is 10.7. The van der Waals surface area contributed by atoms with Gasteiger partial charge in [-0.3, -0.25) is 0 Å². The Bertz CT molecular complexity index is 568. The first-order valence-corrected chi connectivity index (χ1v) is 6.97. The number of hydrogen-bond acceptors (Lipinski definition) is 2. The molecule has 19 heavy (non-hydrogen) atoms. The van der Waals surface area contributed by atoms with Gasteiger partial charge < -0.3 is 10.6 Å². The fraction of sp³-hybridized carbons (Fsp3) is 0.250. The quantitative estimate of drug-likeness (QED) is 0.840. The van der Waals surface area contributed by atoms with Crippen molar-refractivity contribution in [2.75, 3.05) is 23.7 Å². The summed E-state index contributed by atoms with van der Waals surface area (Å²) in [6.07, 6.45) is 1.16. The maximum absolute atomic E-state index is 6.07. The number of nitrogen functional groups attached to an aromatic ring is 1. The van der Waals surface area contributed by atoms with Gasteiger partial charge in [0, 0.05) is 24.0 Å². The zero-order valence-corrected chi connectivity index (χ0v) is 11.5. The Kier molecular flexibility index (Phi) is 3.34. The van der Waals surface area contributed by atoms with E-state index in [1.807, 2.05) is 18.2 Å². The molecule has 0 aliphatic carbocycles. The van der Waals surface area contributed by atoms with Crippen molar-refractivity contribution in [3.63, 3.8) is 0 Å². The molecular formula is C16H17ClN2. The summed E-state index contributed by atoms with van der Waals surface area (Å²) in [5.74, 6) is 0.583. The third-order valence-electron chi connectivity index (χ3n) is 3.79. The summed E-state index contributed by atoms with van der Waals surface area (Å²) < 4.78 is 0. The van der Waals surface area contributed by atoms with E-state index < -0.39 is 0 Å². The van der Waals surface area contributed by atoms with E-state index in [2.05, 4.69) is 35.2 Å². The molecule has 0 amide bonds. The molecule has 0 saturated carbocycles. The lowest BCUT2D eigenvalue weighted by Gasteiger charge is -2.21. The van der Waals surface area contributed by atoms with Crippen molar-refractivity contribution in [3.05, 3.63) is 59.1 Å². The Labute approximate surface area is 118 Å². The molecule has 2 aromatic carbocycles. The van der Waals surface area contributed by atoms with Crippen LogP contribution in [0, 0.1) is 0 Å². The van der Waals surface area contributed by atoms with Gasteiger partial charge in [0.1, 0.15) is 0 Å². The van der Waals surface area contributed by atoms with Crippen molar-refractivity contribution in [2.24, 2.45) is 0 Å². The highest BCUT2D eigenvalue weighted by molar-refractivity contribution is 6.31. The molecule has 1 aliphatic heterocycles. The third-order valence-corrected chi connectivity index (χ3v) is 4.03. The fourth-order valence-corrected chi connectivity index (χ4v) is 2.93. The first-order chi connectivity index (χ1) is 9.24. The summed E-state index contributed by atoms with van der Waals surface area (Å²) >= 11 is 6.07. The minimum absolute atomic E-state index is 0.583. The van der Waals surface area contributed by atoms with Crippen molar-refractivity contribution in [3.8, 4) is 0 Å². The van der Waals surface area contributed by atoms with E-state index >= 15 is 0 Å². The summed E-state index contributed by atoms with van der Waals surface area (Å²) in [6.45, 7) is 2.04. The van der Waals surface area contributed by atoms with Crippen LogP contribution in [0.2, 0.25) is 5.02 Å². The van der Waals surface area contributed by atoms with E-state index in [0.717, 1.165) is 35.9 Å². The first-order valence-electron chi connectivity index (χ1n) is 6.59. The average Bonchev–Trinajstić information content (AvgIpc) is 2.92. The molecule has 1 saturated heterocycles. The highest BCUT2D eigenvalue weighted by Crippen LogP contribution is 2.34. The second kappa shape index (κ2) is 5.14. The Morgan fingerprint density at radius 1 is 1.11 bits per heavy atom. The smallest absolute Gasteiger partial charge is 0.0615 e. The highest BCUT2D eigenvalue weighted by atomic mass is 35.5. The van der Waals surface area contributed by atoms with Crippen LogP contribution in [-0.4, -0.2) is 13.1 Å². The van der Waals surface area contributed by atoms with Gasteiger partial charge in [0.2, 0.25) is 0 Å². The van der Waals surface area contributed by atoms with Gasteiger partial charge in [-0.05, 0) is 30.2 Å². The van der Waals surface area contributed by atoms with E-state index in [9.17, 15) is 0 Å². The molecule has 1 aliphatic rings. The lowest BCUT2D eigenvalue weighted by molar-refractivity contribution is 0.775. The van der Waals surface area contributed by atoms with Gasteiger partial charge in [-0.25, -0.2) is 0 Å². The summed E-state index contributed by atoms with van der Waals surface area (Å²) in [5, 5.41) is 0.743. The monoisotopic (exact) mass is 272 g/mol. The molecule has 1 fully saturated rings. The van der Waals surface area contributed by atoms with Crippen molar-refractivity contribution in [1.29, 1.82) is 0 Å². The molecule has 98 valence electrons. The molecule has 2 N–H and O–H groups in total. The highest BCUT2D eigenvalue weighted by Gasteiger charge is 2.25. The van der Waals surface area contributed by atoms with Crippen LogP contribution in [0.25, 0.3) is 0 Å². The molecule has 1 unspecified atom stereocenters. The second-order valence-electron chi connectivity index (χ2n) is 5.05. The third kappa shape index (κ3) is 2.54. The number of nitrogens with zero attached hydrogens (tertiary/aromatic N) is 1. The van der Waals surface area contributed by atoms with Crippen LogP contribution in [0.5, 0.6) is 0 Å². The van der Waals surface area contributed by atoms with Gasteiger partial charge in [0.05, 0.1) is 11.4 Å². The van der Waals surface area contributed by atoms with Crippen LogP contribution in [0.4, 0.5) is 11.4 Å². The van der Waals surface area contributed by atoms with E-state index in [1.165, 1.54) is 5.56 Å². The molecule has 0 radical (unpaired) electrons. The lowest BCUT2D eigenvalue weighted by Crippen LogP contribution is -2.20. The maximum Gasteiger partial charge on any atom is 0.0615 e. The standard InChI is InChI=1S/C16H17ClN2/c17-14-6-7-15(18)16(10-14)19-9-8-13(11-19)12-4-2-1-3-5-12/h1-7,10,13H,8-9,11,18H2. The summed E-state index contributed by atoms with van der Waals surface area (Å²) in [5.41, 5.74) is 9.33. The van der Waals surface area contributed by atoms with Gasteiger partial charge in [0.25, 0.3) is 0 Å². The second-order valence-corrected chi connectivity index (χ2v) is 5.48. The molecule has 1 atom stereocenters. The zero-order chi connectivity index (χ0) is 13.2. The average molecular weight is 273 g/mol. The normalized spacial score (nSPS) is 18.8. The van der Waals surface area contributed by atoms with Crippen LogP contribution in [0.15, 0.2) is 48.5 Å². The van der Waals surface area contributed by atoms with Crippen LogP contribution in [-0.2, 0) is 0 Å². The Balaban J connectivity index is 1.81. The number of anilines is 2. The fourth-order valence-electron chi connectivity index (χ4n) is 2.77. The molecule has 3 rings (SSSR count). The molecule has 0 aromatic heterocycles. The van der Waals surface area contributed by atoms with E-state index in [0.29, 0.717) is 5.92 Å². The van der Waals surface area contributed by atoms with Crippen molar-refractivity contribution >= 4 is 23.0 Å². The van der Waals surface area contributed by atoms with Crippen LogP contribution in [0.1, 0.15) is 17.9 Å². The molecule has 0 spiro atoms. The van der Waals surface area contributed by atoms with Crippen molar-refractivity contribution in [1.82, 2.24) is 0 Å². The molecule has 0 bridgehead atoms. The number of nitrogens with two attached hydrogens (primary N) is 1. The summed E-state index contributed by atoms with van der Waals surface area (Å²) in [4.78, 5) is 2.33. The van der Waals surface area contributed by atoms with Crippen molar-refractivity contribution < 1.29 is 0 Å². The van der Waals surface area contributed by atoms with Gasteiger partial charge >= 0.3 is 0 Å². The SMILES string of the molecule is Nc1ccc(Cl)cc1N1CCC(c2ccccc2)C1. The number of hydrogen-bond donors (Lipinski definition) is 1. The predicted octanol–water partition coefficient (Wildman–Crippen LogP) is 3.92. The maximum atomic E-state index is 6.07. The van der Waals surface area contributed by atoms with Crippen LogP contribution < -0.4 is 10.6 Å². The minimum Gasteiger partial charge on any atom is -0.397 e. The molecular weight excluding hydrogens is 256 g/mol. The summed E-state index contributed by atoms with van der Waals surface area (Å²) in [6, 6.07) is 16.4. The van der Waals surface area contributed by atoms with Gasteiger partial charge in [0.15, 0.2) is 0 Å². The Morgan fingerprint density at radius 3 is 2.68 bits per heavy atom. The van der Waals surface area contributed by atoms with Crippen LogP contribution in [0.3, 0.4) is 0 Å². The lowest BCUT2D eigenvalue weighted by atomic mass is 9.99. The van der Waals surface area contributed by atoms with E-state index in [-0.39, 0.29) is 0 Å². The number of benzene rings is 2. The first kappa shape index (κ1) is 12.4. The molecule has 2 nitrogen and oxygen atoms in total. The molecule has 1 heterocycles. The van der Waals surface area contributed by atoms with Gasteiger partial charge in [-0.1, -0.05) is 41.9 Å².